The van der Waals surface area contributed by atoms with Crippen molar-refractivity contribution in [3.05, 3.63) is 0 Å². The Kier molecular flexibility index (Phi) is 3.26. The topological polar surface area (TPSA) is 55.8 Å². The van der Waals surface area contributed by atoms with Gasteiger partial charge in [0.05, 0.1) is 19.1 Å². The Balaban J connectivity index is 1.93. The molecule has 1 atom stereocenters. The van der Waals surface area contributed by atoms with Gasteiger partial charge in [-0.1, -0.05) is 6.42 Å². The summed E-state index contributed by atoms with van der Waals surface area (Å²) >= 11 is 0. The Morgan fingerprint density at radius 2 is 2.07 bits per heavy atom. The molecule has 86 valence electrons. The van der Waals surface area contributed by atoms with Crippen molar-refractivity contribution in [3.8, 4) is 0 Å². The zero-order chi connectivity index (χ0) is 10.7. The van der Waals surface area contributed by atoms with Crippen LogP contribution >= 0.6 is 0 Å². The average molecular weight is 214 g/mol. The van der Waals surface area contributed by atoms with E-state index < -0.39 is 11.8 Å². The molecule has 1 spiro atoms. The SMILES string of the molecule is O=C(O)CC1CCOC2(CCCCC2)O1. The first-order chi connectivity index (χ1) is 7.20. The quantitative estimate of drug-likeness (QED) is 0.763. The van der Waals surface area contributed by atoms with Crippen molar-refractivity contribution in [2.75, 3.05) is 6.61 Å². The van der Waals surface area contributed by atoms with Gasteiger partial charge in [0.1, 0.15) is 0 Å². The summed E-state index contributed by atoms with van der Waals surface area (Å²) in [5.41, 5.74) is 0. The van der Waals surface area contributed by atoms with Gasteiger partial charge in [-0.2, -0.15) is 0 Å². The zero-order valence-corrected chi connectivity index (χ0v) is 8.91. The Hall–Kier alpha value is -0.610. The molecule has 4 heteroatoms. The van der Waals surface area contributed by atoms with Crippen molar-refractivity contribution in [2.45, 2.75) is 56.8 Å². The van der Waals surface area contributed by atoms with E-state index in [1.807, 2.05) is 0 Å². The normalized spacial score (nSPS) is 30.3. The number of hydrogen-bond donors (Lipinski definition) is 1. The van der Waals surface area contributed by atoms with E-state index in [1.54, 1.807) is 0 Å². The van der Waals surface area contributed by atoms with Gasteiger partial charge in [-0.3, -0.25) is 4.79 Å². The number of carboxylic acids is 1. The van der Waals surface area contributed by atoms with Crippen molar-refractivity contribution in [2.24, 2.45) is 0 Å². The van der Waals surface area contributed by atoms with Crippen molar-refractivity contribution in [1.82, 2.24) is 0 Å². The summed E-state index contributed by atoms with van der Waals surface area (Å²) in [6.45, 7) is 0.637. The fourth-order valence-electron chi connectivity index (χ4n) is 2.46. The van der Waals surface area contributed by atoms with Gasteiger partial charge in [0.2, 0.25) is 0 Å². The van der Waals surface area contributed by atoms with Crippen LogP contribution in [-0.2, 0) is 14.3 Å². The number of rotatable bonds is 2. The van der Waals surface area contributed by atoms with Crippen LogP contribution in [0.25, 0.3) is 0 Å². The highest BCUT2D eigenvalue weighted by Gasteiger charge is 2.39. The third-order valence-corrected chi connectivity index (χ3v) is 3.20. The largest absolute Gasteiger partial charge is 0.481 e. The molecule has 1 aliphatic carbocycles. The van der Waals surface area contributed by atoms with Crippen molar-refractivity contribution in [3.63, 3.8) is 0 Å². The minimum Gasteiger partial charge on any atom is -0.481 e. The maximum absolute atomic E-state index is 10.6. The summed E-state index contributed by atoms with van der Waals surface area (Å²) in [5.74, 6) is -1.23. The minimum atomic E-state index is -0.784. The molecule has 1 saturated carbocycles. The fraction of sp³-hybridized carbons (Fsp3) is 0.909. The van der Waals surface area contributed by atoms with Gasteiger partial charge in [-0.25, -0.2) is 0 Å². The molecule has 0 aromatic heterocycles. The van der Waals surface area contributed by atoms with Crippen LogP contribution in [0.5, 0.6) is 0 Å². The summed E-state index contributed by atoms with van der Waals surface area (Å²) in [6.07, 6.45) is 5.97. The summed E-state index contributed by atoms with van der Waals surface area (Å²) < 4.78 is 11.5. The van der Waals surface area contributed by atoms with Gasteiger partial charge < -0.3 is 14.6 Å². The highest BCUT2D eigenvalue weighted by Crippen LogP contribution is 2.37. The van der Waals surface area contributed by atoms with Crippen molar-refractivity contribution >= 4 is 5.97 Å². The molecule has 2 aliphatic rings. The number of aliphatic carboxylic acids is 1. The summed E-state index contributed by atoms with van der Waals surface area (Å²) in [4.78, 5) is 10.6. The first kappa shape index (κ1) is 10.9. The minimum absolute atomic E-state index is 0.102. The van der Waals surface area contributed by atoms with Crippen LogP contribution in [0.3, 0.4) is 0 Å². The van der Waals surface area contributed by atoms with Gasteiger partial charge in [-0.15, -0.1) is 0 Å². The second kappa shape index (κ2) is 4.49. The van der Waals surface area contributed by atoms with E-state index in [9.17, 15) is 4.79 Å². The van der Waals surface area contributed by atoms with E-state index in [2.05, 4.69) is 0 Å². The first-order valence-electron chi connectivity index (χ1n) is 5.74. The predicted molar refractivity (Wildman–Crippen MR) is 53.5 cm³/mol. The van der Waals surface area contributed by atoms with Gasteiger partial charge in [-0.05, 0) is 19.3 Å². The Morgan fingerprint density at radius 3 is 2.73 bits per heavy atom. The second-order valence-corrected chi connectivity index (χ2v) is 4.45. The van der Waals surface area contributed by atoms with E-state index in [1.165, 1.54) is 6.42 Å². The second-order valence-electron chi connectivity index (χ2n) is 4.45. The number of carboxylic acid groups (broad SMARTS) is 1. The summed E-state index contributed by atoms with van der Waals surface area (Å²) in [7, 11) is 0. The Morgan fingerprint density at radius 1 is 1.33 bits per heavy atom. The molecule has 1 N–H and O–H groups in total. The van der Waals surface area contributed by atoms with Crippen LogP contribution in [0, 0.1) is 0 Å². The molecule has 0 amide bonds. The highest BCUT2D eigenvalue weighted by atomic mass is 16.7. The number of ether oxygens (including phenoxy) is 2. The molecule has 0 bridgehead atoms. The molecular weight excluding hydrogens is 196 g/mol. The molecular formula is C11H18O4. The van der Waals surface area contributed by atoms with Gasteiger partial charge in [0, 0.05) is 12.8 Å². The van der Waals surface area contributed by atoms with Crippen molar-refractivity contribution < 1.29 is 19.4 Å². The molecule has 1 saturated heterocycles. The van der Waals surface area contributed by atoms with Gasteiger partial charge >= 0.3 is 5.97 Å². The van der Waals surface area contributed by atoms with Gasteiger partial charge in [0.25, 0.3) is 0 Å². The molecule has 1 unspecified atom stereocenters. The van der Waals surface area contributed by atoms with Crippen molar-refractivity contribution in [1.29, 1.82) is 0 Å². The number of carbonyl (C=O) groups is 1. The lowest BCUT2D eigenvalue weighted by atomic mass is 9.92. The molecule has 0 radical (unpaired) electrons. The molecule has 1 aliphatic heterocycles. The van der Waals surface area contributed by atoms with Crippen LogP contribution in [0.1, 0.15) is 44.9 Å². The molecule has 2 fully saturated rings. The average Bonchev–Trinajstić information content (AvgIpc) is 2.17. The third kappa shape index (κ3) is 2.69. The predicted octanol–water partition coefficient (Wildman–Crippen LogP) is 1.93. The highest BCUT2D eigenvalue weighted by molar-refractivity contribution is 5.67. The molecule has 0 aromatic carbocycles. The summed E-state index contributed by atoms with van der Waals surface area (Å²) in [5, 5.41) is 8.73. The third-order valence-electron chi connectivity index (χ3n) is 3.20. The molecule has 4 nitrogen and oxygen atoms in total. The fourth-order valence-corrected chi connectivity index (χ4v) is 2.46. The Labute approximate surface area is 89.6 Å². The van der Waals surface area contributed by atoms with E-state index in [0.29, 0.717) is 13.0 Å². The van der Waals surface area contributed by atoms with E-state index in [4.69, 9.17) is 14.6 Å². The van der Waals surface area contributed by atoms with Crippen LogP contribution in [0.15, 0.2) is 0 Å². The smallest absolute Gasteiger partial charge is 0.305 e. The monoisotopic (exact) mass is 214 g/mol. The lowest BCUT2D eigenvalue weighted by Gasteiger charge is -2.43. The Bertz CT molecular complexity index is 227. The molecule has 1 heterocycles. The van der Waals surface area contributed by atoms with Crippen LogP contribution in [-0.4, -0.2) is 29.6 Å². The molecule has 15 heavy (non-hydrogen) atoms. The maximum Gasteiger partial charge on any atom is 0.305 e. The standard InChI is InChI=1S/C11H18O4/c12-10(13)8-9-4-7-14-11(15-9)5-2-1-3-6-11/h9H,1-8H2,(H,12,13). The van der Waals surface area contributed by atoms with Gasteiger partial charge in [0.15, 0.2) is 5.79 Å². The van der Waals surface area contributed by atoms with Crippen LogP contribution in [0.2, 0.25) is 0 Å². The van der Waals surface area contributed by atoms with E-state index >= 15 is 0 Å². The van der Waals surface area contributed by atoms with E-state index in [0.717, 1.165) is 25.7 Å². The van der Waals surface area contributed by atoms with Crippen LogP contribution < -0.4 is 0 Å². The first-order valence-corrected chi connectivity index (χ1v) is 5.74. The maximum atomic E-state index is 10.6. The lowest BCUT2D eigenvalue weighted by molar-refractivity contribution is -0.305. The zero-order valence-electron chi connectivity index (χ0n) is 8.91. The lowest BCUT2D eigenvalue weighted by Crippen LogP contribution is -2.46. The number of hydrogen-bond acceptors (Lipinski definition) is 3. The summed E-state index contributed by atoms with van der Waals surface area (Å²) in [6, 6.07) is 0. The van der Waals surface area contributed by atoms with E-state index in [-0.39, 0.29) is 12.5 Å². The molecule has 0 aromatic rings. The van der Waals surface area contributed by atoms with Crippen LogP contribution in [0.4, 0.5) is 0 Å². The molecule has 2 rings (SSSR count).